The normalized spacial score (nSPS) is 13.9. The average Bonchev–Trinajstić information content (AvgIpc) is 3.27. The maximum atomic E-state index is 12.8. The molecule has 0 aliphatic carbocycles. The van der Waals surface area contributed by atoms with Crippen molar-refractivity contribution in [3.8, 4) is 11.3 Å². The Bertz CT molecular complexity index is 1140. The Hall–Kier alpha value is -3.41. The van der Waals surface area contributed by atoms with Crippen molar-refractivity contribution in [2.45, 2.75) is 32.2 Å². The molecule has 6 heteroatoms. The van der Waals surface area contributed by atoms with E-state index in [-0.39, 0.29) is 5.91 Å². The molecule has 0 unspecified atom stereocenters. The molecule has 2 aromatic heterocycles. The summed E-state index contributed by atoms with van der Waals surface area (Å²) in [5.74, 6) is 0.963. The predicted octanol–water partition coefficient (Wildman–Crippen LogP) is 4.41. The second-order valence-electron chi connectivity index (χ2n) is 7.17. The number of rotatable bonds is 3. The lowest BCUT2D eigenvalue weighted by Gasteiger charge is -2.07. The molecule has 0 bridgehead atoms. The molecule has 0 saturated heterocycles. The topological polar surface area (TPSA) is 75.6 Å². The molecular formula is C22H21N5O. The highest BCUT2D eigenvalue weighted by Gasteiger charge is 2.17. The van der Waals surface area contributed by atoms with Gasteiger partial charge in [-0.3, -0.25) is 9.89 Å². The number of hydrogen-bond donors (Lipinski definition) is 2. The van der Waals surface area contributed by atoms with Crippen molar-refractivity contribution in [2.24, 2.45) is 0 Å². The first kappa shape index (κ1) is 16.7. The number of aromatic nitrogens is 4. The summed E-state index contributed by atoms with van der Waals surface area (Å²) in [5, 5.41) is 9.98. The van der Waals surface area contributed by atoms with Crippen LogP contribution >= 0.6 is 0 Å². The molecule has 28 heavy (non-hydrogen) atoms. The standard InChI is InChI=1S/C22H21N5O/c28-22(17-14-23-26-21(17)15-7-3-1-4-8-15)24-16-10-11-19-18(13-16)25-20-9-5-2-6-12-27(19)20/h1,3-4,7-8,10-11,13-14H,2,5-6,9,12H2,(H,23,26)(H,24,28). The molecule has 5 rings (SSSR count). The van der Waals surface area contributed by atoms with Crippen LogP contribution in [0, 0.1) is 0 Å². The molecule has 0 saturated carbocycles. The summed E-state index contributed by atoms with van der Waals surface area (Å²) in [7, 11) is 0. The summed E-state index contributed by atoms with van der Waals surface area (Å²) in [5.41, 5.74) is 4.98. The lowest BCUT2D eigenvalue weighted by atomic mass is 10.1. The molecule has 0 spiro atoms. The number of H-pyrrole nitrogens is 1. The first-order valence-electron chi connectivity index (χ1n) is 9.69. The minimum absolute atomic E-state index is 0.187. The summed E-state index contributed by atoms with van der Waals surface area (Å²) in [4.78, 5) is 17.7. The summed E-state index contributed by atoms with van der Waals surface area (Å²) in [6.07, 6.45) is 6.23. The Labute approximate surface area is 162 Å². The fourth-order valence-electron chi connectivity index (χ4n) is 3.91. The van der Waals surface area contributed by atoms with E-state index in [1.54, 1.807) is 6.20 Å². The Kier molecular flexibility index (Phi) is 4.16. The van der Waals surface area contributed by atoms with E-state index in [2.05, 4.69) is 26.1 Å². The van der Waals surface area contributed by atoms with Gasteiger partial charge in [0.1, 0.15) is 5.82 Å². The van der Waals surface area contributed by atoms with Crippen molar-refractivity contribution in [1.82, 2.24) is 19.7 Å². The van der Waals surface area contributed by atoms with Gasteiger partial charge in [-0.25, -0.2) is 4.98 Å². The second-order valence-corrected chi connectivity index (χ2v) is 7.17. The second kappa shape index (κ2) is 6.96. The average molecular weight is 371 g/mol. The highest BCUT2D eigenvalue weighted by molar-refractivity contribution is 6.08. The van der Waals surface area contributed by atoms with Gasteiger partial charge in [0.05, 0.1) is 28.5 Å². The molecule has 140 valence electrons. The van der Waals surface area contributed by atoms with E-state index in [1.807, 2.05) is 42.5 Å². The van der Waals surface area contributed by atoms with Crippen molar-refractivity contribution in [3.05, 3.63) is 66.1 Å². The molecule has 6 nitrogen and oxygen atoms in total. The Morgan fingerprint density at radius 1 is 1.07 bits per heavy atom. The number of carbonyl (C=O) groups is 1. The summed E-state index contributed by atoms with van der Waals surface area (Å²) in [6, 6.07) is 15.7. The molecular weight excluding hydrogens is 350 g/mol. The fourth-order valence-corrected chi connectivity index (χ4v) is 3.91. The van der Waals surface area contributed by atoms with Crippen molar-refractivity contribution in [1.29, 1.82) is 0 Å². The molecule has 1 aliphatic heterocycles. The zero-order valence-corrected chi connectivity index (χ0v) is 15.5. The smallest absolute Gasteiger partial charge is 0.259 e. The van der Waals surface area contributed by atoms with Crippen molar-refractivity contribution >= 4 is 22.6 Å². The summed E-state index contributed by atoms with van der Waals surface area (Å²) in [6.45, 7) is 1.02. The molecule has 4 aromatic rings. The SMILES string of the molecule is O=C(Nc1ccc2c(c1)nc1n2CCCCC1)c1cn[nH]c1-c1ccccc1. The third-order valence-electron chi connectivity index (χ3n) is 5.31. The molecule has 0 fully saturated rings. The van der Waals surface area contributed by atoms with Gasteiger partial charge in [-0.15, -0.1) is 0 Å². The molecule has 0 radical (unpaired) electrons. The van der Waals surface area contributed by atoms with Gasteiger partial charge in [0.15, 0.2) is 0 Å². The van der Waals surface area contributed by atoms with Gasteiger partial charge in [-0.2, -0.15) is 5.10 Å². The van der Waals surface area contributed by atoms with Crippen LogP contribution in [0.5, 0.6) is 0 Å². The number of nitrogens with one attached hydrogen (secondary N) is 2. The van der Waals surface area contributed by atoms with E-state index >= 15 is 0 Å². The zero-order chi connectivity index (χ0) is 18.9. The lowest BCUT2D eigenvalue weighted by molar-refractivity contribution is 0.102. The maximum absolute atomic E-state index is 12.8. The largest absolute Gasteiger partial charge is 0.328 e. The number of carbonyl (C=O) groups excluding carboxylic acids is 1. The lowest BCUT2D eigenvalue weighted by Crippen LogP contribution is -2.12. The number of anilines is 1. The van der Waals surface area contributed by atoms with Gasteiger partial charge >= 0.3 is 0 Å². The molecule has 2 N–H and O–H groups in total. The van der Waals surface area contributed by atoms with E-state index in [9.17, 15) is 4.79 Å². The van der Waals surface area contributed by atoms with Gasteiger partial charge in [0, 0.05) is 24.2 Å². The number of fused-ring (bicyclic) bond motifs is 3. The van der Waals surface area contributed by atoms with Crippen LogP contribution in [-0.2, 0) is 13.0 Å². The third kappa shape index (κ3) is 2.97. The van der Waals surface area contributed by atoms with Gasteiger partial charge in [-0.05, 0) is 31.0 Å². The first-order chi connectivity index (χ1) is 13.8. The number of aromatic amines is 1. The Balaban J connectivity index is 1.43. The fraction of sp³-hybridized carbons (Fsp3) is 0.227. The minimum Gasteiger partial charge on any atom is -0.328 e. The molecule has 1 amide bonds. The predicted molar refractivity (Wildman–Crippen MR) is 109 cm³/mol. The third-order valence-corrected chi connectivity index (χ3v) is 5.31. The quantitative estimate of drug-likeness (QED) is 0.560. The highest BCUT2D eigenvalue weighted by Crippen LogP contribution is 2.26. The van der Waals surface area contributed by atoms with Crippen LogP contribution in [0.3, 0.4) is 0 Å². The number of aryl methyl sites for hydroxylation is 2. The number of benzene rings is 2. The van der Waals surface area contributed by atoms with E-state index in [0.717, 1.165) is 41.1 Å². The number of hydrogen-bond acceptors (Lipinski definition) is 3. The van der Waals surface area contributed by atoms with Gasteiger partial charge in [-0.1, -0.05) is 36.8 Å². The number of amides is 1. The summed E-state index contributed by atoms with van der Waals surface area (Å²) < 4.78 is 2.32. The van der Waals surface area contributed by atoms with E-state index in [1.165, 1.54) is 19.3 Å². The maximum Gasteiger partial charge on any atom is 0.259 e. The van der Waals surface area contributed by atoms with Crippen LogP contribution in [0.15, 0.2) is 54.7 Å². The number of imidazole rings is 1. The monoisotopic (exact) mass is 371 g/mol. The molecule has 3 heterocycles. The Morgan fingerprint density at radius 3 is 2.86 bits per heavy atom. The van der Waals surface area contributed by atoms with Gasteiger partial charge in [0.2, 0.25) is 0 Å². The van der Waals surface area contributed by atoms with Crippen LogP contribution in [-0.4, -0.2) is 25.7 Å². The molecule has 2 aromatic carbocycles. The molecule has 1 aliphatic rings. The minimum atomic E-state index is -0.187. The first-order valence-corrected chi connectivity index (χ1v) is 9.69. The van der Waals surface area contributed by atoms with Crippen LogP contribution in [0.2, 0.25) is 0 Å². The van der Waals surface area contributed by atoms with Crippen molar-refractivity contribution < 1.29 is 4.79 Å². The number of nitrogens with zero attached hydrogens (tertiary/aromatic N) is 3. The zero-order valence-electron chi connectivity index (χ0n) is 15.5. The van der Waals surface area contributed by atoms with E-state index in [0.29, 0.717) is 11.3 Å². The van der Waals surface area contributed by atoms with Gasteiger partial charge < -0.3 is 9.88 Å². The Morgan fingerprint density at radius 2 is 1.96 bits per heavy atom. The van der Waals surface area contributed by atoms with E-state index in [4.69, 9.17) is 4.98 Å². The van der Waals surface area contributed by atoms with Crippen molar-refractivity contribution in [2.75, 3.05) is 5.32 Å². The highest BCUT2D eigenvalue weighted by atomic mass is 16.1. The van der Waals surface area contributed by atoms with E-state index < -0.39 is 0 Å². The van der Waals surface area contributed by atoms with Crippen LogP contribution < -0.4 is 5.32 Å². The molecule has 0 atom stereocenters. The van der Waals surface area contributed by atoms with Gasteiger partial charge in [0.25, 0.3) is 5.91 Å². The van der Waals surface area contributed by atoms with Crippen molar-refractivity contribution in [3.63, 3.8) is 0 Å². The van der Waals surface area contributed by atoms with Crippen LogP contribution in [0.25, 0.3) is 22.3 Å². The van der Waals surface area contributed by atoms with Crippen LogP contribution in [0.4, 0.5) is 5.69 Å². The van der Waals surface area contributed by atoms with Crippen LogP contribution in [0.1, 0.15) is 35.4 Å². The summed E-state index contributed by atoms with van der Waals surface area (Å²) >= 11 is 0.